The Kier molecular flexibility index (Phi) is 2.12. The van der Waals surface area contributed by atoms with Gasteiger partial charge >= 0.3 is 0 Å². The normalized spacial score (nSPS) is 45.0. The van der Waals surface area contributed by atoms with Gasteiger partial charge in [0, 0.05) is 6.04 Å². The Morgan fingerprint density at radius 2 is 1.78 bits per heavy atom. The van der Waals surface area contributed by atoms with Crippen molar-refractivity contribution in [1.82, 2.24) is 0 Å². The minimum atomic E-state index is 0.496. The Hall–Kier alpha value is -0.0400. The molecule has 0 aromatic carbocycles. The average molecular weight is 127 g/mol. The third-order valence-electron chi connectivity index (χ3n) is 2.64. The summed E-state index contributed by atoms with van der Waals surface area (Å²) in [5, 5.41) is 0. The molecule has 0 aromatic heterocycles. The maximum atomic E-state index is 5.79. The van der Waals surface area contributed by atoms with Crippen molar-refractivity contribution >= 4 is 0 Å². The summed E-state index contributed by atoms with van der Waals surface area (Å²) in [5.74, 6) is 1.76. The molecule has 1 saturated carbocycles. The second-order valence-corrected chi connectivity index (χ2v) is 3.53. The van der Waals surface area contributed by atoms with Crippen LogP contribution in [0.1, 0.15) is 33.1 Å². The molecule has 0 unspecified atom stereocenters. The number of hydrogen-bond donors (Lipinski definition) is 1. The van der Waals surface area contributed by atoms with Crippen LogP contribution in [0, 0.1) is 11.8 Å². The van der Waals surface area contributed by atoms with E-state index >= 15 is 0 Å². The van der Waals surface area contributed by atoms with Gasteiger partial charge in [0.25, 0.3) is 0 Å². The van der Waals surface area contributed by atoms with Crippen molar-refractivity contribution in [3.8, 4) is 0 Å². The molecule has 1 fully saturated rings. The van der Waals surface area contributed by atoms with E-state index in [1.165, 1.54) is 19.3 Å². The van der Waals surface area contributed by atoms with Crippen LogP contribution in [0.15, 0.2) is 0 Å². The van der Waals surface area contributed by atoms with Crippen molar-refractivity contribution in [3.63, 3.8) is 0 Å². The van der Waals surface area contributed by atoms with Crippen molar-refractivity contribution in [2.24, 2.45) is 17.6 Å². The van der Waals surface area contributed by atoms with Gasteiger partial charge in [-0.05, 0) is 31.1 Å². The van der Waals surface area contributed by atoms with Gasteiger partial charge in [-0.25, -0.2) is 0 Å². The van der Waals surface area contributed by atoms with E-state index in [1.807, 2.05) is 0 Å². The van der Waals surface area contributed by atoms with E-state index in [4.69, 9.17) is 5.73 Å². The molecule has 0 spiro atoms. The van der Waals surface area contributed by atoms with Crippen molar-refractivity contribution in [3.05, 3.63) is 0 Å². The zero-order valence-electron chi connectivity index (χ0n) is 6.43. The third-order valence-corrected chi connectivity index (χ3v) is 2.64. The molecule has 1 heteroatoms. The molecule has 54 valence electrons. The molecule has 9 heavy (non-hydrogen) atoms. The van der Waals surface area contributed by atoms with Crippen LogP contribution < -0.4 is 5.73 Å². The van der Waals surface area contributed by atoms with Gasteiger partial charge in [0.2, 0.25) is 0 Å². The summed E-state index contributed by atoms with van der Waals surface area (Å²) in [5.41, 5.74) is 5.79. The average Bonchev–Trinajstić information content (AvgIpc) is 1.80. The lowest BCUT2D eigenvalue weighted by Crippen LogP contribution is -2.30. The van der Waals surface area contributed by atoms with E-state index in [2.05, 4.69) is 13.8 Å². The summed E-state index contributed by atoms with van der Waals surface area (Å²) in [4.78, 5) is 0. The molecule has 0 radical (unpaired) electrons. The second-order valence-electron chi connectivity index (χ2n) is 3.53. The fraction of sp³-hybridized carbons (Fsp3) is 1.00. The van der Waals surface area contributed by atoms with Crippen LogP contribution >= 0.6 is 0 Å². The van der Waals surface area contributed by atoms with Crippen LogP contribution in [0.2, 0.25) is 0 Å². The van der Waals surface area contributed by atoms with Gasteiger partial charge in [-0.2, -0.15) is 0 Å². The smallest absolute Gasteiger partial charge is 0.00415 e. The Bertz CT molecular complexity index is 90.6. The van der Waals surface area contributed by atoms with Gasteiger partial charge in [-0.1, -0.05) is 13.8 Å². The lowest BCUT2D eigenvalue weighted by Gasteiger charge is -2.29. The maximum absolute atomic E-state index is 5.79. The second kappa shape index (κ2) is 2.70. The Balaban J connectivity index is 2.35. The first-order valence-electron chi connectivity index (χ1n) is 3.95. The molecule has 0 aliphatic heterocycles. The van der Waals surface area contributed by atoms with Crippen LogP contribution in [-0.2, 0) is 0 Å². The monoisotopic (exact) mass is 127 g/mol. The summed E-state index contributed by atoms with van der Waals surface area (Å²) in [6, 6.07) is 0.496. The fourth-order valence-corrected chi connectivity index (χ4v) is 1.59. The van der Waals surface area contributed by atoms with Crippen LogP contribution in [-0.4, -0.2) is 6.04 Å². The number of rotatable bonds is 0. The van der Waals surface area contributed by atoms with E-state index in [0.29, 0.717) is 6.04 Å². The van der Waals surface area contributed by atoms with E-state index in [9.17, 15) is 0 Å². The predicted octanol–water partition coefficient (Wildman–Crippen LogP) is 1.77. The summed E-state index contributed by atoms with van der Waals surface area (Å²) in [7, 11) is 0. The van der Waals surface area contributed by atoms with E-state index in [-0.39, 0.29) is 0 Å². The van der Waals surface area contributed by atoms with Gasteiger partial charge in [-0.3, -0.25) is 0 Å². The standard InChI is InChI=1S/C8H17N/c1-6-3-4-8(9)5-7(6)2/h6-8H,3-5,9H2,1-2H3/t6-,7-,8+/m1/s1. The van der Waals surface area contributed by atoms with Gasteiger partial charge < -0.3 is 5.73 Å². The minimum absolute atomic E-state index is 0.496. The topological polar surface area (TPSA) is 26.0 Å². The minimum Gasteiger partial charge on any atom is -0.328 e. The maximum Gasteiger partial charge on any atom is 0.00415 e. The molecule has 3 atom stereocenters. The van der Waals surface area contributed by atoms with Gasteiger partial charge in [0.05, 0.1) is 0 Å². The summed E-state index contributed by atoms with van der Waals surface area (Å²) in [6.07, 6.45) is 3.81. The van der Waals surface area contributed by atoms with Gasteiger partial charge in [0.1, 0.15) is 0 Å². The highest BCUT2D eigenvalue weighted by molar-refractivity contribution is 4.76. The van der Waals surface area contributed by atoms with Crippen molar-refractivity contribution < 1.29 is 0 Å². The quantitative estimate of drug-likeness (QED) is 0.527. The van der Waals surface area contributed by atoms with E-state index in [0.717, 1.165) is 11.8 Å². The lowest BCUT2D eigenvalue weighted by molar-refractivity contribution is 0.251. The third kappa shape index (κ3) is 1.68. The largest absolute Gasteiger partial charge is 0.328 e. The van der Waals surface area contributed by atoms with Crippen molar-refractivity contribution in [1.29, 1.82) is 0 Å². The zero-order chi connectivity index (χ0) is 6.85. The molecular weight excluding hydrogens is 110 g/mol. The predicted molar refractivity (Wildman–Crippen MR) is 40.2 cm³/mol. The van der Waals surface area contributed by atoms with E-state index < -0.39 is 0 Å². The molecule has 0 heterocycles. The first kappa shape index (κ1) is 7.07. The molecule has 2 N–H and O–H groups in total. The highest BCUT2D eigenvalue weighted by Crippen LogP contribution is 2.27. The zero-order valence-corrected chi connectivity index (χ0v) is 6.43. The Morgan fingerprint density at radius 1 is 1.11 bits per heavy atom. The van der Waals surface area contributed by atoms with Gasteiger partial charge in [-0.15, -0.1) is 0 Å². The first-order valence-corrected chi connectivity index (χ1v) is 3.95. The molecule has 0 bridgehead atoms. The first-order chi connectivity index (χ1) is 4.20. The number of hydrogen-bond acceptors (Lipinski definition) is 1. The molecular formula is C8H17N. The summed E-state index contributed by atoms with van der Waals surface area (Å²) < 4.78 is 0. The molecule has 1 aliphatic rings. The highest BCUT2D eigenvalue weighted by Gasteiger charge is 2.21. The molecule has 1 rings (SSSR count). The van der Waals surface area contributed by atoms with Crippen LogP contribution in [0.3, 0.4) is 0 Å². The summed E-state index contributed by atoms with van der Waals surface area (Å²) in [6.45, 7) is 4.64. The highest BCUT2D eigenvalue weighted by atomic mass is 14.6. The SMILES string of the molecule is C[C@@H]1CC[C@H](N)C[C@H]1C. The van der Waals surface area contributed by atoms with Crippen molar-refractivity contribution in [2.75, 3.05) is 0 Å². The van der Waals surface area contributed by atoms with E-state index in [1.54, 1.807) is 0 Å². The molecule has 0 amide bonds. The molecule has 0 saturated heterocycles. The molecule has 0 aromatic rings. The molecule has 1 nitrogen and oxygen atoms in total. The lowest BCUT2D eigenvalue weighted by atomic mass is 9.79. The Morgan fingerprint density at radius 3 is 2.22 bits per heavy atom. The molecule has 1 aliphatic carbocycles. The Labute approximate surface area is 57.6 Å². The number of nitrogens with two attached hydrogens (primary N) is 1. The van der Waals surface area contributed by atoms with Gasteiger partial charge in [0.15, 0.2) is 0 Å². The van der Waals surface area contributed by atoms with Crippen LogP contribution in [0.25, 0.3) is 0 Å². The fourth-order valence-electron chi connectivity index (χ4n) is 1.59. The van der Waals surface area contributed by atoms with Crippen LogP contribution in [0.4, 0.5) is 0 Å². The van der Waals surface area contributed by atoms with Crippen LogP contribution in [0.5, 0.6) is 0 Å². The van der Waals surface area contributed by atoms with Crippen molar-refractivity contribution in [2.45, 2.75) is 39.2 Å². The summed E-state index contributed by atoms with van der Waals surface area (Å²) >= 11 is 0.